The number of aromatic nitrogens is 6. The smallest absolute Gasteiger partial charge is 0.159 e. The number of rotatable bonds is 5. The summed E-state index contributed by atoms with van der Waals surface area (Å²) in [6.07, 6.45) is 7.50. The molecule has 5 heterocycles. The van der Waals surface area contributed by atoms with Crippen molar-refractivity contribution in [3.05, 3.63) is 49.1 Å². The van der Waals surface area contributed by atoms with E-state index < -0.39 is 0 Å². The normalized spacial score (nSPS) is 14.9. The minimum atomic E-state index is 0.341. The van der Waals surface area contributed by atoms with Gasteiger partial charge in [-0.2, -0.15) is 5.10 Å². The highest BCUT2D eigenvalue weighted by molar-refractivity contribution is 5.97. The van der Waals surface area contributed by atoms with Crippen molar-refractivity contribution in [2.45, 2.75) is 19.9 Å². The predicted molar refractivity (Wildman–Crippen MR) is 141 cm³/mol. The fourth-order valence-corrected chi connectivity index (χ4v) is 4.69. The molecule has 5 aromatic rings. The molecule has 0 spiro atoms. The lowest BCUT2D eigenvalue weighted by Gasteiger charge is -2.33. The molecule has 1 saturated heterocycles. The van der Waals surface area contributed by atoms with Crippen molar-refractivity contribution in [2.75, 3.05) is 43.4 Å². The zero-order valence-corrected chi connectivity index (χ0v) is 20.2. The Kier molecular flexibility index (Phi) is 5.33. The lowest BCUT2D eigenvalue weighted by molar-refractivity contribution is 0.313. The molecule has 0 radical (unpaired) electrons. The number of likely N-dealkylation sites (N-methyl/N-ethyl adjacent to an activating group) is 1. The van der Waals surface area contributed by atoms with Gasteiger partial charge in [0.25, 0.3) is 0 Å². The van der Waals surface area contributed by atoms with Crippen LogP contribution in [0, 0.1) is 0 Å². The molecule has 9 heteroatoms. The Labute approximate surface area is 203 Å². The Morgan fingerprint density at radius 3 is 2.57 bits per heavy atom. The van der Waals surface area contributed by atoms with Crippen LogP contribution in [-0.4, -0.2) is 74.3 Å². The van der Waals surface area contributed by atoms with Crippen LogP contribution in [0.2, 0.25) is 0 Å². The highest BCUT2D eigenvalue weighted by Gasteiger charge is 2.20. The van der Waals surface area contributed by atoms with Crippen molar-refractivity contribution in [2.24, 2.45) is 0 Å². The number of pyridine rings is 2. The van der Waals surface area contributed by atoms with Gasteiger partial charge in [-0.15, -0.1) is 0 Å². The summed E-state index contributed by atoms with van der Waals surface area (Å²) in [7, 11) is 2.16. The summed E-state index contributed by atoms with van der Waals surface area (Å²) in [5.74, 6) is 0.736. The number of hydrogen-bond acceptors (Lipinski definition) is 7. The van der Waals surface area contributed by atoms with Gasteiger partial charge < -0.3 is 20.1 Å². The van der Waals surface area contributed by atoms with Crippen molar-refractivity contribution < 1.29 is 0 Å². The zero-order valence-electron chi connectivity index (χ0n) is 20.2. The number of nitrogens with zero attached hydrogens (tertiary/aromatic N) is 6. The second-order valence-corrected chi connectivity index (χ2v) is 9.52. The van der Waals surface area contributed by atoms with Gasteiger partial charge in [-0.25, -0.2) is 4.98 Å². The van der Waals surface area contributed by atoms with E-state index in [0.717, 1.165) is 82.1 Å². The second-order valence-electron chi connectivity index (χ2n) is 9.52. The third-order valence-electron chi connectivity index (χ3n) is 6.53. The summed E-state index contributed by atoms with van der Waals surface area (Å²) in [5.41, 5.74) is 7.82. The third kappa shape index (κ3) is 4.08. The Morgan fingerprint density at radius 1 is 0.914 bits per heavy atom. The summed E-state index contributed by atoms with van der Waals surface area (Å²) >= 11 is 0. The van der Waals surface area contributed by atoms with Crippen molar-refractivity contribution >= 4 is 33.3 Å². The first-order chi connectivity index (χ1) is 17.0. The lowest BCUT2D eigenvalue weighted by atomic mass is 10.0. The molecule has 1 aliphatic heterocycles. The maximum atomic E-state index is 4.99. The van der Waals surface area contributed by atoms with E-state index in [0.29, 0.717) is 6.04 Å². The van der Waals surface area contributed by atoms with Crippen LogP contribution < -0.4 is 10.2 Å². The predicted octanol–water partition coefficient (Wildman–Crippen LogP) is 4.14. The largest absolute Gasteiger partial charge is 0.382 e. The molecule has 6 rings (SSSR count). The Bertz CT molecular complexity index is 1490. The third-order valence-corrected chi connectivity index (χ3v) is 6.53. The standard InChI is InChI=1S/C26H29N9/c1-16(2)29-19-10-18(12-27-13-19)17-4-5-21-20(11-17)24(33-32-21)26-30-22-14-28-15-23(25(22)31-26)35-8-6-34(3)7-9-35/h4-5,10-16,29H,6-9H2,1-3H3,(H,30,31)(H,32,33). The molecule has 0 saturated carbocycles. The molecule has 0 unspecified atom stereocenters. The van der Waals surface area contributed by atoms with Crippen LogP contribution in [0.4, 0.5) is 11.4 Å². The van der Waals surface area contributed by atoms with Crippen molar-refractivity contribution in [3.8, 4) is 22.6 Å². The topological polar surface area (TPSA) is 102 Å². The van der Waals surface area contributed by atoms with E-state index in [1.54, 1.807) is 0 Å². The highest BCUT2D eigenvalue weighted by atomic mass is 15.3. The van der Waals surface area contributed by atoms with Gasteiger partial charge in [0.2, 0.25) is 0 Å². The number of nitrogens with one attached hydrogen (secondary N) is 3. The maximum Gasteiger partial charge on any atom is 0.159 e. The molecule has 3 N–H and O–H groups in total. The quantitative estimate of drug-likeness (QED) is 0.357. The molecule has 0 amide bonds. The number of imidazole rings is 1. The van der Waals surface area contributed by atoms with E-state index in [1.165, 1.54) is 0 Å². The number of benzene rings is 1. The molecule has 35 heavy (non-hydrogen) atoms. The fraction of sp³-hybridized carbons (Fsp3) is 0.308. The van der Waals surface area contributed by atoms with E-state index in [1.807, 2.05) is 24.8 Å². The molecular weight excluding hydrogens is 438 g/mol. The fourth-order valence-electron chi connectivity index (χ4n) is 4.69. The van der Waals surface area contributed by atoms with Crippen molar-refractivity contribution in [3.63, 3.8) is 0 Å². The highest BCUT2D eigenvalue weighted by Crippen LogP contribution is 2.32. The van der Waals surface area contributed by atoms with Gasteiger partial charge in [0.15, 0.2) is 5.82 Å². The van der Waals surface area contributed by atoms with E-state index in [2.05, 4.69) is 85.4 Å². The van der Waals surface area contributed by atoms with Crippen LogP contribution >= 0.6 is 0 Å². The number of hydrogen-bond donors (Lipinski definition) is 3. The Morgan fingerprint density at radius 2 is 1.74 bits per heavy atom. The van der Waals surface area contributed by atoms with Gasteiger partial charge in [-0.3, -0.25) is 15.1 Å². The number of fused-ring (bicyclic) bond motifs is 2. The molecule has 4 aromatic heterocycles. The van der Waals surface area contributed by atoms with Gasteiger partial charge >= 0.3 is 0 Å². The van der Waals surface area contributed by atoms with E-state index in [-0.39, 0.29) is 0 Å². The molecule has 1 fully saturated rings. The van der Waals surface area contributed by atoms with Crippen LogP contribution in [0.5, 0.6) is 0 Å². The van der Waals surface area contributed by atoms with Crippen LogP contribution in [0.25, 0.3) is 44.6 Å². The van der Waals surface area contributed by atoms with Crippen LogP contribution in [0.1, 0.15) is 13.8 Å². The van der Waals surface area contributed by atoms with Gasteiger partial charge in [-0.1, -0.05) is 6.07 Å². The summed E-state index contributed by atoms with van der Waals surface area (Å²) < 4.78 is 0. The van der Waals surface area contributed by atoms with Gasteiger partial charge in [0, 0.05) is 55.6 Å². The van der Waals surface area contributed by atoms with Gasteiger partial charge in [0.1, 0.15) is 11.2 Å². The van der Waals surface area contributed by atoms with Crippen molar-refractivity contribution in [1.82, 2.24) is 35.0 Å². The van der Waals surface area contributed by atoms with Crippen LogP contribution in [0.15, 0.2) is 49.1 Å². The van der Waals surface area contributed by atoms with Crippen molar-refractivity contribution in [1.29, 1.82) is 0 Å². The Balaban J connectivity index is 1.39. The first-order valence-electron chi connectivity index (χ1n) is 12.0. The summed E-state index contributed by atoms with van der Waals surface area (Å²) in [6.45, 7) is 8.23. The minimum absolute atomic E-state index is 0.341. The summed E-state index contributed by atoms with van der Waals surface area (Å²) in [4.78, 5) is 22.1. The average molecular weight is 468 g/mol. The molecule has 0 bridgehead atoms. The molecule has 9 nitrogen and oxygen atoms in total. The van der Waals surface area contributed by atoms with Gasteiger partial charge in [-0.05, 0) is 44.7 Å². The molecule has 0 aliphatic carbocycles. The van der Waals surface area contributed by atoms with Crippen LogP contribution in [-0.2, 0) is 0 Å². The van der Waals surface area contributed by atoms with Gasteiger partial charge in [0.05, 0.1) is 34.8 Å². The summed E-state index contributed by atoms with van der Waals surface area (Å²) in [5, 5.41) is 12.2. The number of anilines is 2. The first-order valence-corrected chi connectivity index (χ1v) is 12.0. The Hall–Kier alpha value is -3.98. The monoisotopic (exact) mass is 467 g/mol. The SMILES string of the molecule is CC(C)Nc1cncc(-c2ccc3[nH]nc(-c4nc5c(N6CCN(C)CC6)cncc5[nH]4)c3c2)c1. The molecular formula is C26H29N9. The zero-order chi connectivity index (χ0) is 23.9. The number of aromatic amines is 2. The average Bonchev–Trinajstić information content (AvgIpc) is 3.48. The van der Waals surface area contributed by atoms with E-state index >= 15 is 0 Å². The van der Waals surface area contributed by atoms with E-state index in [4.69, 9.17) is 4.98 Å². The molecule has 1 aliphatic rings. The number of H-pyrrole nitrogens is 2. The molecule has 178 valence electrons. The molecule has 0 atom stereocenters. The second kappa shape index (κ2) is 8.66. The molecule has 1 aromatic carbocycles. The number of piperazine rings is 1. The maximum absolute atomic E-state index is 4.99. The lowest BCUT2D eigenvalue weighted by Crippen LogP contribution is -2.44. The summed E-state index contributed by atoms with van der Waals surface area (Å²) in [6, 6.07) is 8.77. The minimum Gasteiger partial charge on any atom is -0.382 e. The van der Waals surface area contributed by atoms with Crippen LogP contribution in [0.3, 0.4) is 0 Å². The van der Waals surface area contributed by atoms with E-state index in [9.17, 15) is 0 Å². The first kappa shape index (κ1) is 21.5.